The number of rotatable bonds is 8. The molecule has 140 valence electrons. The highest BCUT2D eigenvalue weighted by atomic mass is 16.7. The van der Waals surface area contributed by atoms with Crippen molar-refractivity contribution in [2.24, 2.45) is 0 Å². The van der Waals surface area contributed by atoms with Gasteiger partial charge in [0.15, 0.2) is 6.29 Å². The fourth-order valence-corrected chi connectivity index (χ4v) is 2.28. The summed E-state index contributed by atoms with van der Waals surface area (Å²) in [5.41, 5.74) is -1.78. The number of aliphatic hydroxyl groups is 4. The highest BCUT2D eigenvalue weighted by Crippen LogP contribution is 2.23. The second kappa shape index (κ2) is 8.70. The Morgan fingerprint density at radius 3 is 2.29 bits per heavy atom. The van der Waals surface area contributed by atoms with E-state index in [-0.39, 0.29) is 6.61 Å². The van der Waals surface area contributed by atoms with Gasteiger partial charge in [-0.25, -0.2) is 0 Å². The van der Waals surface area contributed by atoms with E-state index in [9.17, 15) is 30.0 Å². The van der Waals surface area contributed by atoms with Crippen molar-refractivity contribution in [3.63, 3.8) is 0 Å². The van der Waals surface area contributed by atoms with E-state index in [1.165, 1.54) is 6.92 Å². The van der Waals surface area contributed by atoms with Crippen molar-refractivity contribution in [1.29, 1.82) is 0 Å². The van der Waals surface area contributed by atoms with Gasteiger partial charge in [0, 0.05) is 6.61 Å². The number of esters is 1. The normalized spacial score (nSPS) is 32.8. The van der Waals surface area contributed by atoms with E-state index in [0.717, 1.165) is 0 Å². The summed E-state index contributed by atoms with van der Waals surface area (Å²) < 4.78 is 15.2. The third-order valence-corrected chi connectivity index (χ3v) is 3.47. The molecule has 0 radical (unpaired) electrons. The van der Waals surface area contributed by atoms with E-state index in [0.29, 0.717) is 0 Å². The minimum absolute atomic E-state index is 0.190. The SMILES string of the molecule is CCO[C@@H]1O[C@H](COC(=O)C[C@@](C)(O)CC(=O)O)[C@@H](O)[C@H](O)[C@H]1O. The zero-order chi connectivity index (χ0) is 18.5. The van der Waals surface area contributed by atoms with Gasteiger partial charge in [-0.1, -0.05) is 0 Å². The topological polar surface area (TPSA) is 163 Å². The molecule has 1 rings (SSSR count). The van der Waals surface area contributed by atoms with Crippen LogP contribution in [0, 0.1) is 0 Å². The van der Waals surface area contributed by atoms with Crippen LogP contribution in [0.4, 0.5) is 0 Å². The maximum absolute atomic E-state index is 11.7. The third-order valence-electron chi connectivity index (χ3n) is 3.47. The van der Waals surface area contributed by atoms with E-state index in [2.05, 4.69) is 0 Å². The minimum Gasteiger partial charge on any atom is -0.481 e. The molecule has 0 aromatic heterocycles. The Morgan fingerprint density at radius 1 is 1.12 bits per heavy atom. The maximum Gasteiger partial charge on any atom is 0.308 e. The Labute approximate surface area is 138 Å². The first-order valence-electron chi connectivity index (χ1n) is 7.48. The van der Waals surface area contributed by atoms with Gasteiger partial charge in [0.2, 0.25) is 0 Å². The summed E-state index contributed by atoms with van der Waals surface area (Å²) in [7, 11) is 0. The Morgan fingerprint density at radius 2 is 1.75 bits per heavy atom. The zero-order valence-corrected chi connectivity index (χ0v) is 13.5. The van der Waals surface area contributed by atoms with E-state index >= 15 is 0 Å². The summed E-state index contributed by atoms with van der Waals surface area (Å²) in [4.78, 5) is 22.3. The molecule has 10 nitrogen and oxygen atoms in total. The van der Waals surface area contributed by atoms with Gasteiger partial charge in [0.25, 0.3) is 0 Å². The molecule has 24 heavy (non-hydrogen) atoms. The lowest BCUT2D eigenvalue weighted by Crippen LogP contribution is -2.59. The summed E-state index contributed by atoms with van der Waals surface area (Å²) in [5.74, 6) is -2.17. The molecule has 0 bridgehead atoms. The third kappa shape index (κ3) is 5.96. The number of hydrogen-bond acceptors (Lipinski definition) is 9. The molecule has 0 amide bonds. The number of carboxylic acid groups (broad SMARTS) is 1. The molecular weight excluding hydrogens is 328 g/mol. The van der Waals surface area contributed by atoms with E-state index < -0.39 is 67.7 Å². The summed E-state index contributed by atoms with van der Waals surface area (Å²) >= 11 is 0. The number of aliphatic carboxylic acids is 1. The second-order valence-electron chi connectivity index (χ2n) is 5.90. The lowest BCUT2D eigenvalue weighted by molar-refractivity contribution is -0.300. The van der Waals surface area contributed by atoms with Crippen LogP contribution in [0.15, 0.2) is 0 Å². The average Bonchev–Trinajstić information content (AvgIpc) is 2.44. The van der Waals surface area contributed by atoms with Crippen LogP contribution in [0.25, 0.3) is 0 Å². The van der Waals surface area contributed by atoms with Crippen molar-refractivity contribution in [3.05, 3.63) is 0 Å². The summed E-state index contributed by atoms with van der Waals surface area (Å²) in [5, 5.41) is 47.7. The van der Waals surface area contributed by atoms with Crippen molar-refractivity contribution in [2.75, 3.05) is 13.2 Å². The zero-order valence-electron chi connectivity index (χ0n) is 13.5. The van der Waals surface area contributed by atoms with Gasteiger partial charge < -0.3 is 39.7 Å². The minimum atomic E-state index is -1.78. The van der Waals surface area contributed by atoms with Crippen LogP contribution in [0.3, 0.4) is 0 Å². The molecule has 1 aliphatic rings. The standard InChI is InChI=1S/C14H24O10/c1-3-22-13-12(20)11(19)10(18)7(24-13)6-23-9(17)5-14(2,21)4-8(15)16/h7,10-13,18-21H,3-6H2,1-2H3,(H,15,16)/t7-,10-,11+,12-,13-,14+/m1/s1. The molecular formula is C14H24O10. The van der Waals surface area contributed by atoms with Gasteiger partial charge in [-0.2, -0.15) is 0 Å². The van der Waals surface area contributed by atoms with Crippen LogP contribution in [-0.4, -0.2) is 87.0 Å². The number of carboxylic acids is 1. The number of carbonyl (C=O) groups excluding carboxylic acids is 1. The Kier molecular flexibility index (Phi) is 7.52. The Hall–Kier alpha value is -1.30. The molecule has 6 atom stereocenters. The second-order valence-corrected chi connectivity index (χ2v) is 5.90. The van der Waals surface area contributed by atoms with Crippen LogP contribution in [-0.2, 0) is 23.8 Å². The van der Waals surface area contributed by atoms with Crippen molar-refractivity contribution in [1.82, 2.24) is 0 Å². The fraction of sp³-hybridized carbons (Fsp3) is 0.857. The maximum atomic E-state index is 11.7. The Bertz CT molecular complexity index is 437. The van der Waals surface area contributed by atoms with Crippen molar-refractivity contribution in [3.8, 4) is 0 Å². The number of aliphatic hydroxyl groups excluding tert-OH is 3. The molecule has 0 unspecified atom stereocenters. The predicted molar refractivity (Wildman–Crippen MR) is 76.8 cm³/mol. The van der Waals surface area contributed by atoms with E-state index in [1.807, 2.05) is 0 Å². The van der Waals surface area contributed by atoms with Crippen molar-refractivity contribution < 1.29 is 49.3 Å². The molecule has 5 N–H and O–H groups in total. The molecule has 1 fully saturated rings. The van der Waals surface area contributed by atoms with Crippen molar-refractivity contribution >= 4 is 11.9 Å². The van der Waals surface area contributed by atoms with Gasteiger partial charge >= 0.3 is 11.9 Å². The molecule has 1 saturated heterocycles. The van der Waals surface area contributed by atoms with Gasteiger partial charge in [0.05, 0.1) is 18.4 Å². The van der Waals surface area contributed by atoms with Crippen LogP contribution < -0.4 is 0 Å². The van der Waals surface area contributed by atoms with Gasteiger partial charge in [-0.15, -0.1) is 0 Å². The summed E-state index contributed by atoms with van der Waals surface area (Å²) in [6.45, 7) is 2.55. The first kappa shape index (κ1) is 20.7. The van der Waals surface area contributed by atoms with Crippen molar-refractivity contribution in [2.45, 2.75) is 63.0 Å². The smallest absolute Gasteiger partial charge is 0.308 e. The van der Waals surface area contributed by atoms with E-state index in [1.54, 1.807) is 6.92 Å². The Balaban J connectivity index is 2.55. The fourth-order valence-electron chi connectivity index (χ4n) is 2.28. The number of hydrogen-bond donors (Lipinski definition) is 5. The summed E-state index contributed by atoms with van der Waals surface area (Å²) in [6.07, 6.45) is -8.05. The van der Waals surface area contributed by atoms with Gasteiger partial charge in [-0.3, -0.25) is 9.59 Å². The molecule has 1 heterocycles. The monoisotopic (exact) mass is 352 g/mol. The first-order chi connectivity index (χ1) is 11.1. The average molecular weight is 352 g/mol. The lowest BCUT2D eigenvalue weighted by Gasteiger charge is -2.39. The largest absolute Gasteiger partial charge is 0.481 e. The summed E-state index contributed by atoms with van der Waals surface area (Å²) in [6, 6.07) is 0. The van der Waals surface area contributed by atoms with E-state index in [4.69, 9.17) is 19.3 Å². The number of carbonyl (C=O) groups is 2. The molecule has 10 heteroatoms. The van der Waals surface area contributed by atoms with Crippen LogP contribution in [0.2, 0.25) is 0 Å². The predicted octanol–water partition coefficient (Wildman–Crippen LogP) is -2.01. The molecule has 0 aliphatic carbocycles. The molecule has 0 aromatic rings. The molecule has 0 aromatic carbocycles. The van der Waals surface area contributed by atoms with Crippen LogP contribution >= 0.6 is 0 Å². The molecule has 0 saturated carbocycles. The number of ether oxygens (including phenoxy) is 3. The molecule has 0 spiro atoms. The van der Waals surface area contributed by atoms with Crippen LogP contribution in [0.5, 0.6) is 0 Å². The van der Waals surface area contributed by atoms with Crippen LogP contribution in [0.1, 0.15) is 26.7 Å². The van der Waals surface area contributed by atoms with Gasteiger partial charge in [-0.05, 0) is 13.8 Å². The van der Waals surface area contributed by atoms with Gasteiger partial charge in [0.1, 0.15) is 31.0 Å². The lowest BCUT2D eigenvalue weighted by atomic mass is 9.98. The quantitative estimate of drug-likeness (QED) is 0.308. The molecule has 1 aliphatic heterocycles. The first-order valence-corrected chi connectivity index (χ1v) is 7.48. The highest BCUT2D eigenvalue weighted by molar-refractivity contribution is 5.73. The highest BCUT2D eigenvalue weighted by Gasteiger charge is 2.44.